The minimum absolute atomic E-state index is 0.00889. The van der Waals surface area contributed by atoms with Gasteiger partial charge in [-0.2, -0.15) is 0 Å². The van der Waals surface area contributed by atoms with Crippen LogP contribution in [0.15, 0.2) is 41.3 Å². The highest BCUT2D eigenvalue weighted by atomic mass is 32.2. The van der Waals surface area contributed by atoms with E-state index in [1.165, 1.54) is 20.2 Å². The number of aryl methyl sites for hydroxylation is 1. The third-order valence-electron chi connectivity index (χ3n) is 2.54. The molecule has 1 nitrogen and oxygen atoms in total. The van der Waals surface area contributed by atoms with Crippen LogP contribution in [0, 0.1) is 6.92 Å². The Morgan fingerprint density at radius 3 is 2.31 bits per heavy atom. The molecule has 0 aliphatic rings. The van der Waals surface area contributed by atoms with Crippen LogP contribution in [-0.2, 0) is 0 Å². The van der Waals surface area contributed by atoms with Crippen molar-refractivity contribution < 1.29 is 0 Å². The van der Waals surface area contributed by atoms with Crippen molar-refractivity contribution in [2.75, 3.05) is 6.26 Å². The van der Waals surface area contributed by atoms with Gasteiger partial charge in [0.15, 0.2) is 0 Å². The lowest BCUT2D eigenvalue weighted by Gasteiger charge is -2.10. The van der Waals surface area contributed by atoms with Crippen LogP contribution >= 0.6 is 23.1 Å². The summed E-state index contributed by atoms with van der Waals surface area (Å²) in [5, 5.41) is 0. The van der Waals surface area contributed by atoms with Gasteiger partial charge in [-0.15, -0.1) is 23.1 Å². The molecule has 0 spiro atoms. The van der Waals surface area contributed by atoms with Gasteiger partial charge in [0, 0.05) is 14.6 Å². The first kappa shape index (κ1) is 11.7. The summed E-state index contributed by atoms with van der Waals surface area (Å²) in [5.74, 6) is 0. The molecule has 3 heteroatoms. The van der Waals surface area contributed by atoms with Crippen molar-refractivity contribution in [1.82, 2.24) is 0 Å². The number of nitrogens with two attached hydrogens (primary N) is 1. The fourth-order valence-electron chi connectivity index (χ4n) is 1.60. The van der Waals surface area contributed by atoms with Gasteiger partial charge >= 0.3 is 0 Å². The van der Waals surface area contributed by atoms with Crippen LogP contribution < -0.4 is 5.73 Å². The van der Waals surface area contributed by atoms with Gasteiger partial charge < -0.3 is 5.73 Å². The van der Waals surface area contributed by atoms with Crippen molar-refractivity contribution in [3.63, 3.8) is 0 Å². The lowest BCUT2D eigenvalue weighted by Crippen LogP contribution is -2.09. The molecule has 2 N–H and O–H groups in total. The summed E-state index contributed by atoms with van der Waals surface area (Å²) >= 11 is 3.52. The summed E-state index contributed by atoms with van der Waals surface area (Å²) < 4.78 is 0. The molecule has 0 saturated carbocycles. The van der Waals surface area contributed by atoms with Crippen LogP contribution in [0.25, 0.3) is 0 Å². The Morgan fingerprint density at radius 1 is 1.12 bits per heavy atom. The molecule has 0 bridgehead atoms. The highest BCUT2D eigenvalue weighted by molar-refractivity contribution is 7.98. The van der Waals surface area contributed by atoms with E-state index in [1.807, 2.05) is 0 Å². The van der Waals surface area contributed by atoms with E-state index in [1.54, 1.807) is 23.1 Å². The number of benzene rings is 1. The van der Waals surface area contributed by atoms with Gasteiger partial charge in [-0.3, -0.25) is 0 Å². The minimum atomic E-state index is 0.00889. The maximum Gasteiger partial charge on any atom is 0.0646 e. The summed E-state index contributed by atoms with van der Waals surface area (Å²) in [6, 6.07) is 12.7. The maximum atomic E-state index is 6.22. The quantitative estimate of drug-likeness (QED) is 0.837. The molecule has 1 heterocycles. The molecule has 0 radical (unpaired) electrons. The Hall–Kier alpha value is -0.770. The van der Waals surface area contributed by atoms with Crippen molar-refractivity contribution >= 4 is 23.1 Å². The number of thiophene rings is 1. The van der Waals surface area contributed by atoms with Crippen molar-refractivity contribution in [2.45, 2.75) is 17.9 Å². The zero-order valence-corrected chi connectivity index (χ0v) is 11.1. The van der Waals surface area contributed by atoms with E-state index in [2.05, 4.69) is 49.6 Å². The first-order valence-electron chi connectivity index (χ1n) is 5.16. The number of hydrogen-bond acceptors (Lipinski definition) is 3. The molecule has 0 aliphatic heterocycles. The summed E-state index contributed by atoms with van der Waals surface area (Å²) in [5.41, 5.74) is 7.41. The van der Waals surface area contributed by atoms with E-state index in [0.29, 0.717) is 0 Å². The van der Waals surface area contributed by atoms with E-state index in [0.717, 1.165) is 0 Å². The molecule has 16 heavy (non-hydrogen) atoms. The molecular weight excluding hydrogens is 234 g/mol. The molecule has 0 amide bonds. The Balaban J connectivity index is 2.23. The van der Waals surface area contributed by atoms with Crippen molar-refractivity contribution in [2.24, 2.45) is 5.73 Å². The molecule has 1 unspecified atom stereocenters. The van der Waals surface area contributed by atoms with E-state index >= 15 is 0 Å². The number of thioether (sulfide) groups is 1. The van der Waals surface area contributed by atoms with Gasteiger partial charge in [0.05, 0.1) is 6.04 Å². The Labute approximate surface area is 105 Å². The monoisotopic (exact) mass is 249 g/mol. The third-order valence-corrected chi connectivity index (χ3v) is 4.37. The van der Waals surface area contributed by atoms with Gasteiger partial charge in [0.2, 0.25) is 0 Å². The fourth-order valence-corrected chi connectivity index (χ4v) is 2.91. The van der Waals surface area contributed by atoms with Crippen LogP contribution in [0.4, 0.5) is 0 Å². The average Bonchev–Trinajstić information content (AvgIpc) is 2.75. The van der Waals surface area contributed by atoms with Gasteiger partial charge in [-0.05, 0) is 43.0 Å². The van der Waals surface area contributed by atoms with Crippen LogP contribution in [0.3, 0.4) is 0 Å². The Bertz CT molecular complexity index is 459. The largest absolute Gasteiger partial charge is 0.320 e. The van der Waals surface area contributed by atoms with Crippen molar-refractivity contribution in [3.05, 3.63) is 51.7 Å². The summed E-state index contributed by atoms with van der Waals surface area (Å²) in [6.07, 6.45) is 2.08. The molecule has 84 valence electrons. The van der Waals surface area contributed by atoms with Gasteiger partial charge in [-0.1, -0.05) is 12.1 Å². The SMILES string of the molecule is CSc1ccc(C(N)c2ccc(C)s2)cc1. The number of hydrogen-bond donors (Lipinski definition) is 1. The standard InChI is InChI=1S/C13H15NS2/c1-9-3-8-12(16-9)13(14)10-4-6-11(15-2)7-5-10/h3-8,13H,14H2,1-2H3. The van der Waals surface area contributed by atoms with E-state index in [-0.39, 0.29) is 6.04 Å². The molecule has 1 aromatic heterocycles. The predicted molar refractivity (Wildman–Crippen MR) is 73.3 cm³/mol. The molecule has 1 atom stereocenters. The van der Waals surface area contributed by atoms with Crippen LogP contribution in [-0.4, -0.2) is 6.26 Å². The molecule has 2 aromatic rings. The van der Waals surface area contributed by atoms with E-state index in [9.17, 15) is 0 Å². The molecule has 0 fully saturated rings. The predicted octanol–water partition coefficient (Wildman–Crippen LogP) is 3.83. The molecular formula is C13H15NS2. The normalized spacial score (nSPS) is 12.7. The average molecular weight is 249 g/mol. The van der Waals surface area contributed by atoms with E-state index in [4.69, 9.17) is 5.73 Å². The highest BCUT2D eigenvalue weighted by Crippen LogP contribution is 2.27. The second-order valence-corrected chi connectivity index (χ2v) is 5.90. The molecule has 1 aromatic carbocycles. The Kier molecular flexibility index (Phi) is 3.69. The summed E-state index contributed by atoms with van der Waals surface area (Å²) in [7, 11) is 0. The summed E-state index contributed by atoms with van der Waals surface area (Å²) in [4.78, 5) is 3.82. The Morgan fingerprint density at radius 2 is 1.81 bits per heavy atom. The van der Waals surface area contributed by atoms with Gasteiger partial charge in [0.25, 0.3) is 0 Å². The molecule has 0 aliphatic carbocycles. The zero-order chi connectivity index (χ0) is 11.5. The number of rotatable bonds is 3. The highest BCUT2D eigenvalue weighted by Gasteiger charge is 2.10. The fraction of sp³-hybridized carbons (Fsp3) is 0.231. The smallest absolute Gasteiger partial charge is 0.0646 e. The minimum Gasteiger partial charge on any atom is -0.320 e. The van der Waals surface area contributed by atoms with Gasteiger partial charge in [0.1, 0.15) is 0 Å². The molecule has 0 saturated heterocycles. The van der Waals surface area contributed by atoms with Gasteiger partial charge in [-0.25, -0.2) is 0 Å². The maximum absolute atomic E-state index is 6.22. The topological polar surface area (TPSA) is 26.0 Å². The zero-order valence-electron chi connectivity index (χ0n) is 9.44. The summed E-state index contributed by atoms with van der Waals surface area (Å²) in [6.45, 7) is 2.11. The second-order valence-electron chi connectivity index (χ2n) is 3.70. The van der Waals surface area contributed by atoms with Crippen molar-refractivity contribution in [3.8, 4) is 0 Å². The van der Waals surface area contributed by atoms with Crippen molar-refractivity contribution in [1.29, 1.82) is 0 Å². The van der Waals surface area contributed by atoms with Crippen LogP contribution in [0.5, 0.6) is 0 Å². The first-order chi connectivity index (χ1) is 7.70. The first-order valence-corrected chi connectivity index (χ1v) is 7.20. The van der Waals surface area contributed by atoms with E-state index < -0.39 is 0 Å². The molecule has 2 rings (SSSR count). The lowest BCUT2D eigenvalue weighted by molar-refractivity contribution is 0.891. The third kappa shape index (κ3) is 2.48. The van der Waals surface area contributed by atoms with Crippen LogP contribution in [0.1, 0.15) is 21.4 Å². The second kappa shape index (κ2) is 5.04. The van der Waals surface area contributed by atoms with Crippen LogP contribution in [0.2, 0.25) is 0 Å². The lowest BCUT2D eigenvalue weighted by atomic mass is 10.1.